The number of hydrogen-bond acceptors (Lipinski definition) is 4. The van der Waals surface area contributed by atoms with Crippen molar-refractivity contribution in [2.45, 2.75) is 25.3 Å². The van der Waals surface area contributed by atoms with Gasteiger partial charge < -0.3 is 19.5 Å². The Morgan fingerprint density at radius 3 is 2.65 bits per heavy atom. The fraction of sp³-hybridized carbons (Fsp3) is 0.529. The molecule has 1 amide bonds. The largest absolute Gasteiger partial charge is 0.486 e. The molecule has 1 aliphatic carbocycles. The molecule has 3 atom stereocenters. The highest BCUT2D eigenvalue weighted by Crippen LogP contribution is 2.44. The Morgan fingerprint density at radius 1 is 1.13 bits per heavy atom. The molecule has 1 aromatic carbocycles. The van der Waals surface area contributed by atoms with Gasteiger partial charge in [0.1, 0.15) is 13.2 Å². The van der Waals surface area contributed by atoms with E-state index >= 15 is 0 Å². The van der Waals surface area contributed by atoms with Gasteiger partial charge in [-0.15, -0.1) is 0 Å². The fourth-order valence-corrected chi connectivity index (χ4v) is 3.60. The number of ether oxygens (including phenoxy) is 2. The molecule has 4 rings (SSSR count). The first-order valence-corrected chi connectivity index (χ1v) is 8.08. The van der Waals surface area contributed by atoms with Crippen LogP contribution in [0.4, 0.5) is 0 Å². The van der Waals surface area contributed by atoms with E-state index in [0.717, 1.165) is 29.9 Å². The fourth-order valence-electron chi connectivity index (χ4n) is 3.60. The summed E-state index contributed by atoms with van der Waals surface area (Å²) in [7, 11) is 0. The first-order valence-electron chi connectivity index (χ1n) is 8.08. The smallest absolute Gasteiger partial charge is 0.307 e. The Balaban J connectivity index is 1.54. The van der Waals surface area contributed by atoms with Crippen LogP contribution < -0.4 is 9.47 Å². The Bertz CT molecular complexity index is 658. The first kappa shape index (κ1) is 14.4. The van der Waals surface area contributed by atoms with Crippen LogP contribution in [0.2, 0.25) is 0 Å². The van der Waals surface area contributed by atoms with E-state index in [9.17, 15) is 9.59 Å². The molecular weight excluding hydrogens is 298 g/mol. The van der Waals surface area contributed by atoms with Crippen LogP contribution >= 0.6 is 0 Å². The van der Waals surface area contributed by atoms with Crippen molar-refractivity contribution in [1.82, 2.24) is 4.90 Å². The molecule has 1 N–H and O–H groups in total. The molecule has 23 heavy (non-hydrogen) atoms. The normalized spacial score (nSPS) is 28.5. The van der Waals surface area contributed by atoms with Crippen LogP contribution in [0, 0.1) is 11.8 Å². The van der Waals surface area contributed by atoms with E-state index in [1.54, 1.807) is 0 Å². The van der Waals surface area contributed by atoms with Gasteiger partial charge in [0.15, 0.2) is 11.5 Å². The predicted octanol–water partition coefficient (Wildman–Crippen LogP) is 1.84. The lowest BCUT2D eigenvalue weighted by Gasteiger charge is -2.27. The van der Waals surface area contributed by atoms with E-state index in [2.05, 4.69) is 0 Å². The van der Waals surface area contributed by atoms with Gasteiger partial charge in [0.25, 0.3) is 0 Å². The summed E-state index contributed by atoms with van der Waals surface area (Å²) in [5.74, 6) is -0.255. The van der Waals surface area contributed by atoms with Crippen molar-refractivity contribution in [1.29, 1.82) is 0 Å². The lowest BCUT2D eigenvalue weighted by Crippen LogP contribution is -2.32. The molecule has 0 radical (unpaired) electrons. The highest BCUT2D eigenvalue weighted by Gasteiger charge is 2.51. The summed E-state index contributed by atoms with van der Waals surface area (Å²) in [5.41, 5.74) is 1.03. The SMILES string of the molecule is O=C(O)[C@@H]1C[C@@H]1C(=O)N1CCC[C@H]1c1ccc2c(c1)OCCO2. The minimum atomic E-state index is -0.863. The number of rotatable bonds is 3. The molecule has 6 nitrogen and oxygen atoms in total. The number of aliphatic carboxylic acids is 1. The highest BCUT2D eigenvalue weighted by molar-refractivity contribution is 5.89. The van der Waals surface area contributed by atoms with Crippen LogP contribution in [0.1, 0.15) is 30.9 Å². The van der Waals surface area contributed by atoms with Gasteiger partial charge in [0.2, 0.25) is 5.91 Å². The molecular formula is C17H19NO5. The van der Waals surface area contributed by atoms with E-state index in [4.69, 9.17) is 14.6 Å². The molecule has 1 saturated carbocycles. The summed E-state index contributed by atoms with van der Waals surface area (Å²) in [5, 5.41) is 9.03. The molecule has 122 valence electrons. The molecule has 0 spiro atoms. The van der Waals surface area contributed by atoms with E-state index < -0.39 is 11.9 Å². The second-order valence-electron chi connectivity index (χ2n) is 6.38. The number of hydrogen-bond donors (Lipinski definition) is 1. The molecule has 2 heterocycles. The number of carboxylic acid groups (broad SMARTS) is 1. The average Bonchev–Trinajstić information content (AvgIpc) is 3.23. The zero-order valence-electron chi connectivity index (χ0n) is 12.7. The van der Waals surface area contributed by atoms with Gasteiger partial charge in [-0.25, -0.2) is 0 Å². The minimum absolute atomic E-state index is 0.00775. The summed E-state index contributed by atoms with van der Waals surface area (Å²) in [6.45, 7) is 1.78. The molecule has 0 aromatic heterocycles. The third kappa shape index (κ3) is 2.52. The van der Waals surface area contributed by atoms with E-state index in [1.165, 1.54) is 0 Å². The quantitative estimate of drug-likeness (QED) is 0.920. The molecule has 1 saturated heterocycles. The number of fused-ring (bicyclic) bond motifs is 1. The van der Waals surface area contributed by atoms with Gasteiger partial charge in [-0.3, -0.25) is 9.59 Å². The van der Waals surface area contributed by atoms with Crippen LogP contribution in [0.25, 0.3) is 0 Å². The molecule has 6 heteroatoms. The third-order valence-corrected chi connectivity index (χ3v) is 4.91. The Labute approximate surface area is 134 Å². The second-order valence-corrected chi connectivity index (χ2v) is 6.38. The maximum absolute atomic E-state index is 12.6. The lowest BCUT2D eigenvalue weighted by molar-refractivity contribution is -0.142. The van der Waals surface area contributed by atoms with Gasteiger partial charge in [0, 0.05) is 6.54 Å². The number of carbonyl (C=O) groups is 2. The Hall–Kier alpha value is -2.24. The number of amides is 1. The summed E-state index contributed by atoms with van der Waals surface area (Å²) >= 11 is 0. The van der Waals surface area contributed by atoms with Crippen LogP contribution in [0.3, 0.4) is 0 Å². The Kier molecular flexibility index (Phi) is 3.39. The summed E-state index contributed by atoms with van der Waals surface area (Å²) < 4.78 is 11.2. The third-order valence-electron chi connectivity index (χ3n) is 4.91. The zero-order valence-corrected chi connectivity index (χ0v) is 12.7. The number of benzene rings is 1. The lowest BCUT2D eigenvalue weighted by atomic mass is 10.0. The molecule has 0 bridgehead atoms. The van der Waals surface area contributed by atoms with Crippen LogP contribution in [0.15, 0.2) is 18.2 Å². The summed E-state index contributed by atoms with van der Waals surface area (Å²) in [6.07, 6.45) is 2.31. The second kappa shape index (κ2) is 5.44. The zero-order chi connectivity index (χ0) is 16.0. The highest BCUT2D eigenvalue weighted by atomic mass is 16.6. The maximum Gasteiger partial charge on any atom is 0.307 e. The van der Waals surface area contributed by atoms with Crippen LogP contribution in [-0.4, -0.2) is 41.6 Å². The molecule has 1 aromatic rings. The number of nitrogens with zero attached hydrogens (tertiary/aromatic N) is 1. The molecule has 2 aliphatic heterocycles. The van der Waals surface area contributed by atoms with Gasteiger partial charge in [0.05, 0.1) is 17.9 Å². The predicted molar refractivity (Wildman–Crippen MR) is 80.4 cm³/mol. The van der Waals surface area contributed by atoms with Gasteiger partial charge >= 0.3 is 5.97 Å². The van der Waals surface area contributed by atoms with Crippen molar-refractivity contribution in [3.8, 4) is 11.5 Å². The van der Waals surface area contributed by atoms with Crippen LogP contribution in [0.5, 0.6) is 11.5 Å². The van der Waals surface area contributed by atoms with Gasteiger partial charge in [-0.05, 0) is 37.0 Å². The maximum atomic E-state index is 12.6. The monoisotopic (exact) mass is 317 g/mol. The number of likely N-dealkylation sites (tertiary alicyclic amines) is 1. The van der Waals surface area contributed by atoms with Gasteiger partial charge in [-0.2, -0.15) is 0 Å². The summed E-state index contributed by atoms with van der Waals surface area (Å²) in [4.78, 5) is 25.4. The van der Waals surface area contributed by atoms with E-state index in [-0.39, 0.29) is 17.9 Å². The summed E-state index contributed by atoms with van der Waals surface area (Å²) in [6, 6.07) is 5.83. The van der Waals surface area contributed by atoms with Crippen molar-refractivity contribution in [3.63, 3.8) is 0 Å². The van der Waals surface area contributed by atoms with E-state index in [0.29, 0.717) is 26.2 Å². The van der Waals surface area contributed by atoms with Gasteiger partial charge in [-0.1, -0.05) is 6.07 Å². The first-order chi connectivity index (χ1) is 11.1. The standard InChI is InChI=1S/C17H19NO5/c19-16(11-9-12(11)17(20)21)18-5-1-2-13(18)10-3-4-14-15(8-10)23-7-6-22-14/h3-4,8,11-13H,1-2,5-7,9H2,(H,20,21)/t11-,12+,13-/m0/s1. The molecule has 2 fully saturated rings. The van der Waals surface area contributed by atoms with Crippen molar-refractivity contribution >= 4 is 11.9 Å². The number of carboxylic acids is 1. The van der Waals surface area contributed by atoms with Crippen molar-refractivity contribution in [2.24, 2.45) is 11.8 Å². The van der Waals surface area contributed by atoms with Crippen molar-refractivity contribution < 1.29 is 24.2 Å². The molecule has 0 unspecified atom stereocenters. The van der Waals surface area contributed by atoms with Crippen molar-refractivity contribution in [2.75, 3.05) is 19.8 Å². The topological polar surface area (TPSA) is 76.1 Å². The number of carbonyl (C=O) groups excluding carboxylic acids is 1. The Morgan fingerprint density at radius 2 is 1.91 bits per heavy atom. The average molecular weight is 317 g/mol. The van der Waals surface area contributed by atoms with Crippen LogP contribution in [-0.2, 0) is 9.59 Å². The van der Waals surface area contributed by atoms with E-state index in [1.807, 2.05) is 23.1 Å². The van der Waals surface area contributed by atoms with Crippen molar-refractivity contribution in [3.05, 3.63) is 23.8 Å². The molecule has 3 aliphatic rings. The minimum Gasteiger partial charge on any atom is -0.486 e.